The lowest BCUT2D eigenvalue weighted by molar-refractivity contribution is 0.271. The van der Waals surface area contributed by atoms with Crippen LogP contribution in [0.5, 0.6) is 0 Å². The van der Waals surface area contributed by atoms with Gasteiger partial charge in [-0.25, -0.2) is 0 Å². The van der Waals surface area contributed by atoms with Gasteiger partial charge in [0.05, 0.1) is 6.10 Å². The van der Waals surface area contributed by atoms with Gasteiger partial charge in [-0.2, -0.15) is 0 Å². The van der Waals surface area contributed by atoms with E-state index in [4.69, 9.17) is 10.2 Å². The maximum Gasteiger partial charge on any atom is 0.114 e. The molecule has 0 heterocycles. The second kappa shape index (κ2) is 1.39. The highest BCUT2D eigenvalue weighted by molar-refractivity contribution is 5.23. The third kappa shape index (κ3) is 0.810. The Morgan fingerprint density at radius 3 is 2.43 bits per heavy atom. The summed E-state index contributed by atoms with van der Waals surface area (Å²) < 4.78 is 0. The van der Waals surface area contributed by atoms with E-state index in [0.717, 1.165) is 0 Å². The van der Waals surface area contributed by atoms with Gasteiger partial charge in [-0.1, -0.05) is 0 Å². The molecule has 1 atom stereocenters. The number of hydrogen-bond acceptors (Lipinski definition) is 2. The topological polar surface area (TPSA) is 40.5 Å². The van der Waals surface area contributed by atoms with Crippen LogP contribution in [0.2, 0.25) is 0 Å². The van der Waals surface area contributed by atoms with Crippen molar-refractivity contribution >= 4 is 0 Å². The molecule has 2 N–H and O–H groups in total. The molecule has 38 valence electrons. The zero-order chi connectivity index (χ0) is 5.28. The fraction of sp³-hybridized carbons (Fsp3) is 0.200. The highest BCUT2D eigenvalue weighted by Gasteiger charge is 2.01. The van der Waals surface area contributed by atoms with Crippen LogP contribution < -0.4 is 0 Å². The van der Waals surface area contributed by atoms with Gasteiger partial charge in [0, 0.05) is 0 Å². The average Bonchev–Trinajstić information content (AvgIpc) is 1.87. The molecule has 7 heavy (non-hydrogen) atoms. The first kappa shape index (κ1) is 4.40. The second-order valence-electron chi connectivity index (χ2n) is 1.44. The van der Waals surface area contributed by atoms with E-state index in [-0.39, 0.29) is 5.76 Å². The number of allylic oxidation sites excluding steroid dienone is 1. The molecule has 1 aliphatic carbocycles. The summed E-state index contributed by atoms with van der Waals surface area (Å²) in [6, 6.07) is 0. The fourth-order valence-corrected chi connectivity index (χ4v) is 0.483. The molecule has 2 nitrogen and oxygen atoms in total. The lowest BCUT2D eigenvalue weighted by Crippen LogP contribution is -1.90. The summed E-state index contributed by atoms with van der Waals surface area (Å²) >= 11 is 0. The molecule has 0 aliphatic heterocycles. The molecular formula is C5H6O2. The van der Waals surface area contributed by atoms with Gasteiger partial charge in [-0.3, -0.25) is 0 Å². The van der Waals surface area contributed by atoms with Gasteiger partial charge in [-0.05, 0) is 18.2 Å². The van der Waals surface area contributed by atoms with Gasteiger partial charge in [0.15, 0.2) is 0 Å². The maximum absolute atomic E-state index is 8.58. The monoisotopic (exact) mass is 98.0 g/mol. The summed E-state index contributed by atoms with van der Waals surface area (Å²) in [5.41, 5.74) is 0. The molecule has 0 spiro atoms. The molecule has 2 heteroatoms. The summed E-state index contributed by atoms with van der Waals surface area (Å²) in [6.07, 6.45) is 3.76. The average molecular weight is 98.1 g/mol. The Bertz CT molecular complexity index is 124. The zero-order valence-electron chi connectivity index (χ0n) is 3.70. The first-order chi connectivity index (χ1) is 3.29. The van der Waals surface area contributed by atoms with Gasteiger partial charge < -0.3 is 10.2 Å². The highest BCUT2D eigenvalue weighted by Crippen LogP contribution is 2.04. The smallest absolute Gasteiger partial charge is 0.114 e. The molecule has 0 saturated heterocycles. The lowest BCUT2D eigenvalue weighted by atomic mass is 10.4. The van der Waals surface area contributed by atoms with Crippen molar-refractivity contribution in [3.8, 4) is 0 Å². The van der Waals surface area contributed by atoms with Crippen LogP contribution in [0.1, 0.15) is 0 Å². The van der Waals surface area contributed by atoms with E-state index in [2.05, 4.69) is 0 Å². The van der Waals surface area contributed by atoms with Crippen LogP contribution >= 0.6 is 0 Å². The van der Waals surface area contributed by atoms with Crippen LogP contribution in [0.15, 0.2) is 24.0 Å². The van der Waals surface area contributed by atoms with Crippen LogP contribution in [0.3, 0.4) is 0 Å². The summed E-state index contributed by atoms with van der Waals surface area (Å²) in [5, 5.41) is 17.1. The fourth-order valence-electron chi connectivity index (χ4n) is 0.483. The van der Waals surface area contributed by atoms with E-state index < -0.39 is 6.10 Å². The predicted molar refractivity (Wildman–Crippen MR) is 25.9 cm³/mol. The quantitative estimate of drug-likeness (QED) is 0.459. The minimum absolute atomic E-state index is 0.146. The van der Waals surface area contributed by atoms with Gasteiger partial charge >= 0.3 is 0 Å². The van der Waals surface area contributed by atoms with Gasteiger partial charge in [0.2, 0.25) is 0 Å². The van der Waals surface area contributed by atoms with Crippen LogP contribution in [-0.2, 0) is 0 Å². The molecule has 1 rings (SSSR count). The summed E-state index contributed by atoms with van der Waals surface area (Å²) in [6.45, 7) is 0. The van der Waals surface area contributed by atoms with E-state index in [0.29, 0.717) is 0 Å². The van der Waals surface area contributed by atoms with Crippen LogP contribution in [0, 0.1) is 0 Å². The summed E-state index contributed by atoms with van der Waals surface area (Å²) in [5.74, 6) is 0.146. The Kier molecular flexibility index (Phi) is 0.872. The van der Waals surface area contributed by atoms with Crippen LogP contribution in [-0.4, -0.2) is 16.3 Å². The molecule has 0 aromatic carbocycles. The molecule has 0 aromatic heterocycles. The van der Waals surface area contributed by atoms with Crippen molar-refractivity contribution in [3.05, 3.63) is 24.0 Å². The Morgan fingerprint density at radius 2 is 2.29 bits per heavy atom. The largest absolute Gasteiger partial charge is 0.508 e. The zero-order valence-corrected chi connectivity index (χ0v) is 3.70. The van der Waals surface area contributed by atoms with E-state index >= 15 is 0 Å². The van der Waals surface area contributed by atoms with Gasteiger partial charge in [-0.15, -0.1) is 0 Å². The number of aliphatic hydroxyl groups is 2. The molecule has 0 saturated carbocycles. The van der Waals surface area contributed by atoms with E-state index in [1.54, 1.807) is 0 Å². The highest BCUT2D eigenvalue weighted by atomic mass is 16.3. The van der Waals surface area contributed by atoms with Crippen LogP contribution in [0.25, 0.3) is 0 Å². The van der Waals surface area contributed by atoms with Gasteiger partial charge in [0.25, 0.3) is 0 Å². The first-order valence-electron chi connectivity index (χ1n) is 2.06. The third-order valence-electron chi connectivity index (χ3n) is 0.806. The summed E-state index contributed by atoms with van der Waals surface area (Å²) in [4.78, 5) is 0. The third-order valence-corrected chi connectivity index (χ3v) is 0.806. The maximum atomic E-state index is 8.58. The van der Waals surface area contributed by atoms with Crippen molar-refractivity contribution in [3.63, 3.8) is 0 Å². The normalized spacial score (nSPS) is 28.1. The Morgan fingerprint density at radius 1 is 1.57 bits per heavy atom. The minimum Gasteiger partial charge on any atom is -0.508 e. The molecular weight excluding hydrogens is 92.1 g/mol. The van der Waals surface area contributed by atoms with E-state index in [1.165, 1.54) is 18.2 Å². The Hall–Kier alpha value is -0.760. The molecule has 1 unspecified atom stereocenters. The number of aliphatic hydroxyl groups excluding tert-OH is 2. The molecule has 1 aliphatic rings. The van der Waals surface area contributed by atoms with Crippen molar-refractivity contribution in [2.75, 3.05) is 0 Å². The van der Waals surface area contributed by atoms with Crippen molar-refractivity contribution in [2.24, 2.45) is 0 Å². The van der Waals surface area contributed by atoms with Crippen LogP contribution in [0.4, 0.5) is 0 Å². The molecule has 0 amide bonds. The minimum atomic E-state index is -0.569. The number of hydrogen-bond donors (Lipinski definition) is 2. The van der Waals surface area contributed by atoms with Crippen molar-refractivity contribution in [1.29, 1.82) is 0 Å². The molecule has 0 bridgehead atoms. The number of rotatable bonds is 0. The SMILES string of the molecule is OC1=CC(O)C=C1. The van der Waals surface area contributed by atoms with E-state index in [9.17, 15) is 0 Å². The predicted octanol–water partition coefficient (Wildman–Crippen LogP) is 0.359. The lowest BCUT2D eigenvalue weighted by Gasteiger charge is -1.85. The van der Waals surface area contributed by atoms with E-state index in [1.807, 2.05) is 0 Å². The molecule has 0 fully saturated rings. The second-order valence-corrected chi connectivity index (χ2v) is 1.44. The van der Waals surface area contributed by atoms with Crippen molar-refractivity contribution in [1.82, 2.24) is 0 Å². The summed E-state index contributed by atoms with van der Waals surface area (Å²) in [7, 11) is 0. The molecule has 0 radical (unpaired) electrons. The Balaban J connectivity index is 2.69. The Labute approximate surface area is 41.4 Å². The van der Waals surface area contributed by atoms with Gasteiger partial charge in [0.1, 0.15) is 5.76 Å². The molecule has 0 aromatic rings. The standard InChI is InChI=1S/C5H6O2/c6-4-1-2-5(7)3-4/h1-4,6-7H. The van der Waals surface area contributed by atoms with Crippen molar-refractivity contribution < 1.29 is 10.2 Å². The first-order valence-corrected chi connectivity index (χ1v) is 2.06. The van der Waals surface area contributed by atoms with Crippen molar-refractivity contribution in [2.45, 2.75) is 6.10 Å².